The van der Waals surface area contributed by atoms with Gasteiger partial charge in [0.05, 0.1) is 7.05 Å². The first kappa shape index (κ1) is 14.7. The number of hydrogen-bond donors (Lipinski definition) is 0. The fourth-order valence-corrected chi connectivity index (χ4v) is 3.26. The largest absolute Gasteiger partial charge is 0.311 e. The summed E-state index contributed by atoms with van der Waals surface area (Å²) in [5, 5.41) is 4.88. The van der Waals surface area contributed by atoms with Gasteiger partial charge in [-0.25, -0.2) is 4.48 Å². The van der Waals surface area contributed by atoms with Crippen molar-refractivity contribution in [2.75, 3.05) is 13.7 Å². The number of rotatable bonds is 2. The Morgan fingerprint density at radius 2 is 1.83 bits per heavy atom. The highest BCUT2D eigenvalue weighted by molar-refractivity contribution is 5.71. The molecule has 118 valence electrons. The average Bonchev–Trinajstić information content (AvgIpc) is 2.63. The van der Waals surface area contributed by atoms with Crippen molar-refractivity contribution in [2.24, 2.45) is 5.11 Å². The van der Waals surface area contributed by atoms with Crippen molar-refractivity contribution in [3.8, 4) is 0 Å². The number of aromatic nitrogens is 1. The Morgan fingerprint density at radius 1 is 1.00 bits per heavy atom. The molecular formula is C20H20N4+2. The van der Waals surface area contributed by atoms with Crippen LogP contribution in [-0.2, 0) is 0 Å². The van der Waals surface area contributed by atoms with Gasteiger partial charge in [0.1, 0.15) is 11.9 Å². The maximum Gasteiger partial charge on any atom is 0.311 e. The minimum Gasteiger partial charge on any atom is -0.258 e. The number of azo groups is 2. The summed E-state index contributed by atoms with van der Waals surface area (Å²) in [6.45, 7) is 2.83. The maximum absolute atomic E-state index is 4.88. The third kappa shape index (κ3) is 2.41. The van der Waals surface area contributed by atoms with Crippen LogP contribution in [0.2, 0.25) is 0 Å². The van der Waals surface area contributed by atoms with Gasteiger partial charge < -0.3 is 0 Å². The molecule has 0 radical (unpaired) electrons. The summed E-state index contributed by atoms with van der Waals surface area (Å²) < 4.78 is 2.72. The van der Waals surface area contributed by atoms with Crippen LogP contribution in [-0.4, -0.2) is 23.4 Å². The van der Waals surface area contributed by atoms with Gasteiger partial charge >= 0.3 is 6.67 Å². The van der Waals surface area contributed by atoms with Gasteiger partial charge in [0.25, 0.3) is 5.69 Å². The summed E-state index contributed by atoms with van der Waals surface area (Å²) in [4.78, 5) is 4.25. The quantitative estimate of drug-likeness (QED) is 0.480. The molecule has 4 nitrogen and oxygen atoms in total. The number of quaternary nitrogens is 1. The van der Waals surface area contributed by atoms with E-state index in [1.165, 1.54) is 16.9 Å². The number of hydrogen-bond acceptors (Lipinski definition) is 2. The molecule has 0 bridgehead atoms. The van der Waals surface area contributed by atoms with E-state index in [-0.39, 0.29) is 0 Å². The van der Waals surface area contributed by atoms with Crippen molar-refractivity contribution in [1.82, 2.24) is 9.47 Å². The van der Waals surface area contributed by atoms with Crippen molar-refractivity contribution < 1.29 is 4.70 Å². The van der Waals surface area contributed by atoms with E-state index in [1.807, 2.05) is 23.0 Å². The first-order valence-electron chi connectivity index (χ1n) is 8.08. The van der Waals surface area contributed by atoms with E-state index in [0.29, 0.717) is 4.48 Å². The molecule has 1 aromatic heterocycles. The van der Waals surface area contributed by atoms with Crippen molar-refractivity contribution in [1.29, 1.82) is 0 Å². The molecule has 24 heavy (non-hydrogen) atoms. The van der Waals surface area contributed by atoms with Gasteiger partial charge in [-0.2, -0.15) is 0 Å². The van der Waals surface area contributed by atoms with Crippen molar-refractivity contribution in [3.05, 3.63) is 78.6 Å². The Bertz CT molecular complexity index is 903. The Labute approximate surface area is 141 Å². The van der Waals surface area contributed by atoms with Crippen LogP contribution >= 0.6 is 0 Å². The first-order valence-corrected chi connectivity index (χ1v) is 8.08. The van der Waals surface area contributed by atoms with Gasteiger partial charge in [-0.05, 0) is 41.5 Å². The van der Waals surface area contributed by atoms with Crippen molar-refractivity contribution >= 4 is 22.7 Å². The number of pyridine rings is 1. The third-order valence-electron chi connectivity index (χ3n) is 4.58. The van der Waals surface area contributed by atoms with E-state index >= 15 is 0 Å². The summed E-state index contributed by atoms with van der Waals surface area (Å²) in [5.74, 6) is 0. The highest BCUT2D eigenvalue weighted by Gasteiger charge is 2.41. The molecule has 4 rings (SSSR count). The van der Waals surface area contributed by atoms with Crippen LogP contribution in [0.1, 0.15) is 5.56 Å². The lowest BCUT2D eigenvalue weighted by Crippen LogP contribution is -2.46. The van der Waals surface area contributed by atoms with Crippen molar-refractivity contribution in [3.63, 3.8) is 0 Å². The number of benzene rings is 2. The molecule has 0 N–H and O–H groups in total. The summed E-state index contributed by atoms with van der Waals surface area (Å²) in [6, 6.07) is 21.1. The van der Waals surface area contributed by atoms with Crippen LogP contribution in [0.3, 0.4) is 0 Å². The molecule has 0 amide bonds. The van der Waals surface area contributed by atoms with Gasteiger partial charge in [0.15, 0.2) is 11.4 Å². The Balaban J connectivity index is 1.93. The van der Waals surface area contributed by atoms with Crippen LogP contribution in [0.4, 0.5) is 22.7 Å². The minimum atomic E-state index is 0.675. The third-order valence-corrected chi connectivity index (χ3v) is 4.58. The number of para-hydroxylation sites is 1. The van der Waals surface area contributed by atoms with Gasteiger partial charge in [-0.3, -0.25) is 4.98 Å². The van der Waals surface area contributed by atoms with Gasteiger partial charge in [-0.1, -0.05) is 24.3 Å². The predicted molar refractivity (Wildman–Crippen MR) is 96.1 cm³/mol. The highest BCUT2D eigenvalue weighted by Crippen LogP contribution is 2.43. The second-order valence-electron chi connectivity index (χ2n) is 6.37. The molecule has 2 aromatic carbocycles. The van der Waals surface area contributed by atoms with E-state index < -0.39 is 0 Å². The summed E-state index contributed by atoms with van der Waals surface area (Å²) >= 11 is 0. The van der Waals surface area contributed by atoms with E-state index in [9.17, 15) is 0 Å². The summed E-state index contributed by atoms with van der Waals surface area (Å²) in [7, 11) is 2.24. The van der Waals surface area contributed by atoms with E-state index in [4.69, 9.17) is 5.11 Å². The second-order valence-corrected chi connectivity index (χ2v) is 6.37. The fourth-order valence-electron chi connectivity index (χ4n) is 3.26. The Hall–Kier alpha value is -2.85. The lowest BCUT2D eigenvalue weighted by atomic mass is 10.1. The zero-order valence-corrected chi connectivity index (χ0v) is 13.9. The van der Waals surface area contributed by atoms with Crippen LogP contribution in [0.25, 0.3) is 0 Å². The summed E-state index contributed by atoms with van der Waals surface area (Å²) in [5.41, 5.74) is 5.69. The molecule has 1 unspecified atom stereocenters. The molecule has 3 aromatic rings. The first-order chi connectivity index (χ1) is 11.7. The van der Waals surface area contributed by atoms with Gasteiger partial charge in [-0.15, -0.1) is 0 Å². The Kier molecular flexibility index (Phi) is 3.47. The summed E-state index contributed by atoms with van der Waals surface area (Å²) in [6.07, 6.45) is 3.65. The predicted octanol–water partition coefficient (Wildman–Crippen LogP) is 5.06. The van der Waals surface area contributed by atoms with Crippen LogP contribution in [0.15, 0.2) is 78.2 Å². The van der Waals surface area contributed by atoms with E-state index in [1.54, 1.807) is 6.20 Å². The highest BCUT2D eigenvalue weighted by atomic mass is 15.5. The van der Waals surface area contributed by atoms with Gasteiger partial charge in [0.2, 0.25) is 0 Å². The molecule has 1 aliphatic rings. The normalized spacial score (nSPS) is 19.5. The van der Waals surface area contributed by atoms with Crippen LogP contribution in [0.5, 0.6) is 0 Å². The average molecular weight is 316 g/mol. The topological polar surface area (TPSA) is 28.3 Å². The number of fused-ring (bicyclic) bond motifs is 1. The molecule has 0 fully saturated rings. The smallest absolute Gasteiger partial charge is 0.258 e. The lowest BCUT2D eigenvalue weighted by Gasteiger charge is -2.32. The molecule has 4 heteroatoms. The lowest BCUT2D eigenvalue weighted by molar-refractivity contribution is -0.527. The van der Waals surface area contributed by atoms with Crippen LogP contribution < -0.4 is 4.48 Å². The zero-order chi connectivity index (χ0) is 16.6. The molecule has 0 saturated heterocycles. The van der Waals surface area contributed by atoms with Crippen molar-refractivity contribution in [2.45, 2.75) is 6.92 Å². The van der Waals surface area contributed by atoms with Crippen LogP contribution in [0, 0.1) is 6.92 Å². The number of nitrogens with zero attached hydrogens (tertiary/aromatic N) is 4. The fraction of sp³-hybridized carbons (Fsp3) is 0.150. The molecule has 0 saturated carbocycles. The standard InChI is InChI=1S/C20H20N4/c1-16-10-11-20-19(13-16)22-23(17-7-6-12-21-14-17)15-24(20,2)18-8-4-3-5-9-18/h3-14H,15H2,1-2H3/q+2. The molecule has 0 spiro atoms. The van der Waals surface area contributed by atoms with Gasteiger partial charge in [0, 0.05) is 23.4 Å². The molecule has 1 aliphatic heterocycles. The monoisotopic (exact) mass is 316 g/mol. The molecule has 0 aliphatic carbocycles. The molecule has 2 heterocycles. The van der Waals surface area contributed by atoms with E-state index in [2.05, 4.69) is 67.5 Å². The maximum atomic E-state index is 4.88. The SMILES string of the molecule is Cc1ccc2c(c1)N=[N+](c1cccnc1)C[N+]2(C)c1ccccc1. The zero-order valence-electron chi connectivity index (χ0n) is 13.9. The number of aryl methyl sites for hydroxylation is 1. The molecular weight excluding hydrogens is 296 g/mol. The molecule has 1 atom stereocenters. The minimum absolute atomic E-state index is 0.675. The second kappa shape index (κ2) is 5.65. The van der Waals surface area contributed by atoms with E-state index in [0.717, 1.165) is 18.0 Å². The Morgan fingerprint density at radius 3 is 2.58 bits per heavy atom.